The van der Waals surface area contributed by atoms with E-state index in [0.717, 1.165) is 22.7 Å². The first-order valence-electron chi connectivity index (χ1n) is 9.87. The smallest absolute Gasteiger partial charge is 0.186 e. The number of nitrogens with one attached hydrogen (secondary N) is 1. The van der Waals surface area contributed by atoms with Crippen LogP contribution < -0.4 is 10.2 Å². The summed E-state index contributed by atoms with van der Waals surface area (Å²) >= 11 is 1.79. The lowest BCUT2D eigenvalue weighted by molar-refractivity contribution is 0.371. The molecule has 152 valence electrons. The van der Waals surface area contributed by atoms with E-state index in [-0.39, 0.29) is 12.4 Å². The third-order valence-electron chi connectivity index (χ3n) is 5.77. The number of hydrogen-bond donors (Lipinski definition) is 1. The first-order valence-corrected chi connectivity index (χ1v) is 10.7. The Balaban J connectivity index is 0.00000205. The molecule has 1 fully saturated rings. The first-order chi connectivity index (χ1) is 13.6. The van der Waals surface area contributed by atoms with Crippen LogP contribution in [-0.2, 0) is 7.05 Å². The number of hydrogen-bond acceptors (Lipinski definition) is 5. The average molecular weight is 428 g/mol. The first kappa shape index (κ1) is 20.1. The van der Waals surface area contributed by atoms with Crippen LogP contribution in [0, 0.1) is 0 Å². The van der Waals surface area contributed by atoms with E-state index in [0.29, 0.717) is 12.1 Å². The maximum atomic E-state index is 4.91. The molecule has 2 atom stereocenters. The highest BCUT2D eigenvalue weighted by molar-refractivity contribution is 7.22. The van der Waals surface area contributed by atoms with Crippen LogP contribution in [0.3, 0.4) is 0 Å². The van der Waals surface area contributed by atoms with Crippen molar-refractivity contribution < 1.29 is 0 Å². The van der Waals surface area contributed by atoms with Gasteiger partial charge in [0.1, 0.15) is 0 Å². The zero-order chi connectivity index (χ0) is 19.3. The predicted octanol–water partition coefficient (Wildman–Crippen LogP) is 4.85. The number of benzene rings is 2. The van der Waals surface area contributed by atoms with Gasteiger partial charge in [-0.2, -0.15) is 5.10 Å². The fourth-order valence-electron chi connectivity index (χ4n) is 4.19. The quantitative estimate of drug-likeness (QED) is 0.507. The van der Waals surface area contributed by atoms with Crippen molar-refractivity contribution in [3.8, 4) is 11.1 Å². The van der Waals surface area contributed by atoms with Crippen molar-refractivity contribution in [3.05, 3.63) is 42.6 Å². The number of rotatable bonds is 3. The Kier molecular flexibility index (Phi) is 5.51. The van der Waals surface area contributed by atoms with Gasteiger partial charge in [-0.25, -0.2) is 4.98 Å². The zero-order valence-corrected chi connectivity index (χ0v) is 18.6. The molecule has 1 saturated heterocycles. The highest BCUT2D eigenvalue weighted by Gasteiger charge is 2.24. The number of thiazole rings is 1. The van der Waals surface area contributed by atoms with E-state index < -0.39 is 0 Å². The fraction of sp³-hybridized carbons (Fsp3) is 0.364. The monoisotopic (exact) mass is 427 g/mol. The van der Waals surface area contributed by atoms with Gasteiger partial charge in [-0.15, -0.1) is 12.4 Å². The standard InChI is InChI=1S/C22H25N5S.ClH/c1-14-10-18(8-9-23-14)27(3)22-24-20-7-5-16(12-21(20)28-22)15-4-6-19-17(11-15)13-26(2)25-19;/h4-7,11-14,18,23H,8-10H2,1-3H3;1H. The Labute approximate surface area is 181 Å². The van der Waals surface area contributed by atoms with Crippen molar-refractivity contribution >= 4 is 50.0 Å². The SMILES string of the molecule is CC1CC(N(C)c2nc3ccc(-c4ccc5nn(C)cc5c4)cc3s2)CCN1.Cl. The molecule has 0 aliphatic carbocycles. The molecular formula is C22H26ClN5S. The molecule has 1 aliphatic rings. The number of halogens is 1. The Morgan fingerprint density at radius 1 is 1.14 bits per heavy atom. The minimum atomic E-state index is 0. The number of aromatic nitrogens is 3. The molecule has 4 aromatic rings. The van der Waals surface area contributed by atoms with Crippen LogP contribution in [0.1, 0.15) is 19.8 Å². The van der Waals surface area contributed by atoms with Gasteiger partial charge < -0.3 is 10.2 Å². The van der Waals surface area contributed by atoms with Crippen LogP contribution in [0.4, 0.5) is 5.13 Å². The molecule has 2 aromatic carbocycles. The van der Waals surface area contributed by atoms with Gasteiger partial charge in [0, 0.05) is 37.8 Å². The van der Waals surface area contributed by atoms with Gasteiger partial charge >= 0.3 is 0 Å². The minimum Gasteiger partial charge on any atom is -0.348 e. The van der Waals surface area contributed by atoms with Crippen molar-refractivity contribution in [1.29, 1.82) is 0 Å². The second-order valence-corrected chi connectivity index (χ2v) is 8.91. The lowest BCUT2D eigenvalue weighted by Gasteiger charge is -2.34. The largest absolute Gasteiger partial charge is 0.348 e. The summed E-state index contributed by atoms with van der Waals surface area (Å²) in [6, 6.07) is 14.2. The number of anilines is 1. The molecule has 5 rings (SSSR count). The maximum absolute atomic E-state index is 4.91. The van der Waals surface area contributed by atoms with Crippen molar-refractivity contribution in [2.45, 2.75) is 31.8 Å². The molecule has 0 bridgehead atoms. The van der Waals surface area contributed by atoms with Crippen LogP contribution >= 0.6 is 23.7 Å². The molecule has 29 heavy (non-hydrogen) atoms. The molecule has 0 spiro atoms. The van der Waals surface area contributed by atoms with E-state index in [2.05, 4.69) is 71.9 Å². The molecule has 0 radical (unpaired) electrons. The van der Waals surface area contributed by atoms with E-state index in [1.807, 2.05) is 11.7 Å². The van der Waals surface area contributed by atoms with Crippen LogP contribution in [0.5, 0.6) is 0 Å². The summed E-state index contributed by atoms with van der Waals surface area (Å²) < 4.78 is 3.11. The third-order valence-corrected chi connectivity index (χ3v) is 6.88. The van der Waals surface area contributed by atoms with Gasteiger partial charge in [0.15, 0.2) is 5.13 Å². The van der Waals surface area contributed by atoms with Gasteiger partial charge in [-0.05, 0) is 61.7 Å². The topological polar surface area (TPSA) is 46.0 Å². The van der Waals surface area contributed by atoms with Gasteiger partial charge in [0.25, 0.3) is 0 Å². The second-order valence-electron chi connectivity index (χ2n) is 7.90. The molecule has 2 unspecified atom stereocenters. The van der Waals surface area contributed by atoms with Gasteiger partial charge in [-0.1, -0.05) is 23.5 Å². The molecule has 1 N–H and O–H groups in total. The molecule has 1 aliphatic heterocycles. The Hall–Kier alpha value is -2.15. The zero-order valence-electron chi connectivity index (χ0n) is 16.9. The van der Waals surface area contributed by atoms with E-state index >= 15 is 0 Å². The molecule has 5 nitrogen and oxygen atoms in total. The fourth-order valence-corrected chi connectivity index (χ4v) is 5.22. The summed E-state index contributed by atoms with van der Waals surface area (Å²) in [7, 11) is 4.15. The molecule has 7 heteroatoms. The van der Waals surface area contributed by atoms with E-state index in [1.54, 1.807) is 11.3 Å². The maximum Gasteiger partial charge on any atom is 0.186 e. The van der Waals surface area contributed by atoms with Crippen molar-refractivity contribution in [2.24, 2.45) is 7.05 Å². The van der Waals surface area contributed by atoms with Gasteiger partial charge in [0.2, 0.25) is 0 Å². The highest BCUT2D eigenvalue weighted by Crippen LogP contribution is 2.34. The Morgan fingerprint density at radius 2 is 1.90 bits per heavy atom. The molecular weight excluding hydrogens is 402 g/mol. The lowest BCUT2D eigenvalue weighted by Crippen LogP contribution is -2.45. The number of aryl methyl sites for hydroxylation is 1. The van der Waals surface area contributed by atoms with Crippen molar-refractivity contribution in [3.63, 3.8) is 0 Å². The van der Waals surface area contributed by atoms with Crippen LogP contribution in [-0.4, -0.2) is 40.4 Å². The second kappa shape index (κ2) is 7.94. The van der Waals surface area contributed by atoms with Crippen molar-refractivity contribution in [1.82, 2.24) is 20.1 Å². The third kappa shape index (κ3) is 3.84. The lowest BCUT2D eigenvalue weighted by atomic mass is 10.00. The molecule has 0 saturated carbocycles. The minimum absolute atomic E-state index is 0. The molecule has 0 amide bonds. The number of nitrogens with zero attached hydrogens (tertiary/aromatic N) is 4. The summed E-state index contributed by atoms with van der Waals surface area (Å²) in [6.45, 7) is 3.35. The van der Waals surface area contributed by atoms with Gasteiger partial charge in [0.05, 0.1) is 15.7 Å². The summed E-state index contributed by atoms with van der Waals surface area (Å²) in [5.41, 5.74) is 4.56. The van der Waals surface area contributed by atoms with Crippen LogP contribution in [0.25, 0.3) is 32.2 Å². The summed E-state index contributed by atoms with van der Waals surface area (Å²) in [4.78, 5) is 7.29. The normalized spacial score (nSPS) is 19.4. The average Bonchev–Trinajstić information content (AvgIpc) is 3.28. The van der Waals surface area contributed by atoms with Crippen LogP contribution in [0.2, 0.25) is 0 Å². The Bertz CT molecular complexity index is 1150. The Morgan fingerprint density at radius 3 is 2.69 bits per heavy atom. The van der Waals surface area contributed by atoms with E-state index in [9.17, 15) is 0 Å². The molecule has 3 heterocycles. The van der Waals surface area contributed by atoms with E-state index in [1.165, 1.54) is 34.1 Å². The van der Waals surface area contributed by atoms with Crippen LogP contribution in [0.15, 0.2) is 42.6 Å². The number of fused-ring (bicyclic) bond motifs is 2. The van der Waals surface area contributed by atoms with E-state index in [4.69, 9.17) is 4.98 Å². The van der Waals surface area contributed by atoms with Gasteiger partial charge in [-0.3, -0.25) is 4.68 Å². The summed E-state index contributed by atoms with van der Waals surface area (Å²) in [5, 5.41) is 10.3. The summed E-state index contributed by atoms with van der Waals surface area (Å²) in [5.74, 6) is 0. The number of piperidine rings is 1. The van der Waals surface area contributed by atoms with Crippen molar-refractivity contribution in [2.75, 3.05) is 18.5 Å². The molecule has 2 aromatic heterocycles. The summed E-state index contributed by atoms with van der Waals surface area (Å²) in [6.07, 6.45) is 4.41. The highest BCUT2D eigenvalue weighted by atomic mass is 35.5. The predicted molar refractivity (Wildman–Crippen MR) is 125 cm³/mol.